The minimum absolute atomic E-state index is 0. The number of hydrogen-bond acceptors (Lipinski definition) is 4. The molecule has 0 aromatic heterocycles. The van der Waals surface area contributed by atoms with E-state index in [0.717, 1.165) is 5.41 Å². The Morgan fingerprint density at radius 3 is 1.88 bits per heavy atom. The van der Waals surface area contributed by atoms with E-state index in [2.05, 4.69) is 12.6 Å². The van der Waals surface area contributed by atoms with Gasteiger partial charge in [0.2, 0.25) is 0 Å². The maximum atomic E-state index is 9.54. The third kappa shape index (κ3) is 10.1. The Morgan fingerprint density at radius 2 is 1.88 bits per heavy atom. The molecule has 0 aromatic carbocycles. The van der Waals surface area contributed by atoms with E-state index in [4.69, 9.17) is 0 Å². The first-order valence-electron chi connectivity index (χ1n) is 1.33. The van der Waals surface area contributed by atoms with Crippen molar-refractivity contribution in [1.82, 2.24) is 0 Å². The van der Waals surface area contributed by atoms with Crippen molar-refractivity contribution in [3.8, 4) is 0 Å². The third-order valence-electron chi connectivity index (χ3n) is 0.228. The molecule has 8 heavy (non-hydrogen) atoms. The summed E-state index contributed by atoms with van der Waals surface area (Å²) >= 11 is 3.35. The fraction of sp³-hybridized carbons (Fsp3) is 0. The van der Waals surface area contributed by atoms with E-state index in [1.54, 1.807) is 0 Å². The smallest absolute Gasteiger partial charge is 0.744 e. The molecule has 0 bridgehead atoms. The Hall–Kier alpha value is 1.000. The molecule has 0 unspecified atom stereocenters. The van der Waals surface area contributed by atoms with Gasteiger partial charge in [0.1, 0.15) is 10.1 Å². The van der Waals surface area contributed by atoms with E-state index in [1.807, 2.05) is 0 Å². The van der Waals surface area contributed by atoms with Crippen LogP contribution in [-0.4, -0.2) is 13.0 Å². The van der Waals surface area contributed by atoms with Crippen LogP contribution in [0.25, 0.3) is 0 Å². The van der Waals surface area contributed by atoms with E-state index in [0.29, 0.717) is 5.41 Å². The molecule has 0 fully saturated rings. The summed E-state index contributed by atoms with van der Waals surface area (Å²) in [6.07, 6.45) is 0. The van der Waals surface area contributed by atoms with Crippen LogP contribution in [0.2, 0.25) is 0 Å². The van der Waals surface area contributed by atoms with Crippen LogP contribution < -0.4 is 29.6 Å². The van der Waals surface area contributed by atoms with Crippen LogP contribution in [0.3, 0.4) is 0 Å². The van der Waals surface area contributed by atoms with Gasteiger partial charge in [0, 0.05) is 5.41 Å². The number of rotatable bonds is 1. The van der Waals surface area contributed by atoms with Gasteiger partial charge < -0.3 is 4.55 Å². The molecular weight excluding hydrogens is 159 g/mol. The van der Waals surface area contributed by atoms with Crippen molar-refractivity contribution < 1.29 is 42.5 Å². The quantitative estimate of drug-likeness (QED) is 0.253. The zero-order chi connectivity index (χ0) is 5.91. The van der Waals surface area contributed by atoms with Crippen molar-refractivity contribution in [2.75, 3.05) is 0 Å². The Kier molecular flexibility index (Phi) is 7.11. The maximum absolute atomic E-state index is 9.54. The van der Waals surface area contributed by atoms with E-state index in [9.17, 15) is 13.0 Å². The molecule has 0 aliphatic carbocycles. The molecule has 42 valence electrons. The molecule has 0 spiro atoms. The van der Waals surface area contributed by atoms with Crippen molar-refractivity contribution in [1.29, 1.82) is 0 Å². The van der Waals surface area contributed by atoms with Gasteiger partial charge >= 0.3 is 29.6 Å². The maximum Gasteiger partial charge on any atom is 1.00 e. The van der Waals surface area contributed by atoms with Gasteiger partial charge in [-0.3, -0.25) is 0 Å². The summed E-state index contributed by atoms with van der Waals surface area (Å²) in [5.41, 5.74) is 0. The summed E-state index contributed by atoms with van der Waals surface area (Å²) in [6, 6.07) is 0. The summed E-state index contributed by atoms with van der Waals surface area (Å²) in [5, 5.41) is 1.35. The summed E-state index contributed by atoms with van der Waals surface area (Å²) in [5.74, 6) is 0. The summed E-state index contributed by atoms with van der Waals surface area (Å²) < 4.78 is 28.6. The molecule has 6 heteroatoms. The van der Waals surface area contributed by atoms with Gasteiger partial charge in [-0.05, 0) is 5.41 Å². The molecule has 0 saturated heterocycles. The topological polar surface area (TPSA) is 57.2 Å². The normalized spacial score (nSPS) is 11.2. The van der Waals surface area contributed by atoms with Crippen molar-refractivity contribution in [3.05, 3.63) is 10.8 Å². The molecule has 0 aromatic rings. The molecule has 0 saturated carbocycles. The number of hydrogen-bond donors (Lipinski definition) is 1. The molecular formula is C2H3NaO3S2. The molecule has 0 amide bonds. The molecule has 0 atom stereocenters. The minimum atomic E-state index is -4.18. The second kappa shape index (κ2) is 4.84. The zero-order valence-electron chi connectivity index (χ0n) is 4.23. The second-order valence-corrected chi connectivity index (χ2v) is 2.33. The zero-order valence-corrected chi connectivity index (χ0v) is 7.95. The first kappa shape index (κ1) is 11.8. The molecule has 0 heterocycles. The SMILES string of the molecule is O=S(=O)([O-])C=CS.[Na+]. The monoisotopic (exact) mass is 162 g/mol. The van der Waals surface area contributed by atoms with Gasteiger partial charge in [0.15, 0.2) is 0 Å². The summed E-state index contributed by atoms with van der Waals surface area (Å²) in [4.78, 5) is 0. The molecule has 0 rings (SSSR count). The first-order chi connectivity index (χ1) is 3.06. The third-order valence-corrected chi connectivity index (χ3v) is 1.05. The van der Waals surface area contributed by atoms with Gasteiger partial charge in [-0.1, -0.05) is 0 Å². The van der Waals surface area contributed by atoms with Crippen molar-refractivity contribution in [2.45, 2.75) is 0 Å². The predicted molar refractivity (Wildman–Crippen MR) is 27.8 cm³/mol. The van der Waals surface area contributed by atoms with Gasteiger partial charge in [0.05, 0.1) is 0 Å². The Bertz CT molecular complexity index is 158. The van der Waals surface area contributed by atoms with Crippen LogP contribution >= 0.6 is 12.6 Å². The Morgan fingerprint density at radius 1 is 1.50 bits per heavy atom. The fourth-order valence-electron chi connectivity index (χ4n) is 0.0745. The van der Waals surface area contributed by atoms with E-state index in [-0.39, 0.29) is 29.6 Å². The van der Waals surface area contributed by atoms with E-state index in [1.165, 1.54) is 0 Å². The molecule has 3 nitrogen and oxygen atoms in total. The fourth-order valence-corrected chi connectivity index (χ4v) is 0.671. The van der Waals surface area contributed by atoms with Gasteiger partial charge in [-0.25, -0.2) is 8.42 Å². The van der Waals surface area contributed by atoms with Crippen LogP contribution in [0.15, 0.2) is 10.8 Å². The van der Waals surface area contributed by atoms with Crippen LogP contribution in [0, 0.1) is 0 Å². The molecule has 0 aliphatic rings. The second-order valence-electron chi connectivity index (χ2n) is 0.778. The van der Waals surface area contributed by atoms with Crippen molar-refractivity contribution >= 4 is 22.7 Å². The molecule has 0 radical (unpaired) electrons. The van der Waals surface area contributed by atoms with Crippen molar-refractivity contribution in [2.24, 2.45) is 0 Å². The van der Waals surface area contributed by atoms with Crippen LogP contribution in [0.4, 0.5) is 0 Å². The van der Waals surface area contributed by atoms with E-state index < -0.39 is 10.1 Å². The van der Waals surface area contributed by atoms with Crippen molar-refractivity contribution in [3.63, 3.8) is 0 Å². The van der Waals surface area contributed by atoms with Crippen LogP contribution in [0.5, 0.6) is 0 Å². The molecule has 0 N–H and O–H groups in total. The number of thiol groups is 1. The van der Waals surface area contributed by atoms with E-state index >= 15 is 0 Å². The average Bonchev–Trinajstić information content (AvgIpc) is 1.30. The van der Waals surface area contributed by atoms with Gasteiger partial charge in [0.25, 0.3) is 0 Å². The molecule has 0 aliphatic heterocycles. The van der Waals surface area contributed by atoms with Crippen LogP contribution in [0.1, 0.15) is 0 Å². The first-order valence-corrected chi connectivity index (χ1v) is 3.32. The van der Waals surface area contributed by atoms with Gasteiger partial charge in [-0.15, -0.1) is 0 Å². The largest absolute Gasteiger partial charge is 1.00 e. The standard InChI is InChI=1S/C2H4O3S2.Na/c3-7(4,5)2-1-6;/h1-2,6H,(H,3,4,5);/q;+1/p-1. The Labute approximate surface area is 75.6 Å². The summed E-state index contributed by atoms with van der Waals surface area (Å²) in [6.45, 7) is 0. The predicted octanol–water partition coefficient (Wildman–Crippen LogP) is -3.06. The average molecular weight is 162 g/mol. The van der Waals surface area contributed by atoms with Crippen LogP contribution in [-0.2, 0) is 10.1 Å². The Balaban J connectivity index is 0. The summed E-state index contributed by atoms with van der Waals surface area (Å²) in [7, 11) is -4.18. The minimum Gasteiger partial charge on any atom is -0.744 e. The van der Waals surface area contributed by atoms with Gasteiger partial charge in [-0.2, -0.15) is 12.6 Å².